The van der Waals surface area contributed by atoms with Crippen LogP contribution < -0.4 is 0 Å². The van der Waals surface area contributed by atoms with E-state index in [0.717, 1.165) is 39.0 Å². The van der Waals surface area contributed by atoms with Gasteiger partial charge in [0.15, 0.2) is 0 Å². The number of nitrogens with zero attached hydrogens (tertiary/aromatic N) is 2. The Morgan fingerprint density at radius 3 is 2.54 bits per heavy atom. The number of hydrogen-bond donors (Lipinski definition) is 1. The number of hydrogen-bond acceptors (Lipinski definition) is 5. The van der Waals surface area contributed by atoms with Gasteiger partial charge in [0.1, 0.15) is 0 Å². The lowest BCUT2D eigenvalue weighted by Crippen LogP contribution is -2.44. The van der Waals surface area contributed by atoms with Crippen molar-refractivity contribution in [1.29, 1.82) is 0 Å². The first-order valence-electron chi connectivity index (χ1n) is 10.1. The summed E-state index contributed by atoms with van der Waals surface area (Å²) in [5.41, 5.74) is 0.161. The van der Waals surface area contributed by atoms with E-state index >= 15 is 0 Å². The second kappa shape index (κ2) is 9.29. The molecule has 0 spiro atoms. The molecular weight excluding hydrogens is 348 g/mol. The molecule has 146 valence electrons. The van der Waals surface area contributed by atoms with E-state index in [2.05, 4.69) is 11.9 Å². The molecule has 3 aliphatic heterocycles. The van der Waals surface area contributed by atoms with Crippen LogP contribution in [0.25, 0.3) is 0 Å². The van der Waals surface area contributed by atoms with E-state index in [0.29, 0.717) is 31.0 Å². The molecule has 0 aromatic carbocycles. The molecule has 1 aromatic rings. The van der Waals surface area contributed by atoms with Gasteiger partial charge in [-0.1, -0.05) is 6.92 Å². The van der Waals surface area contributed by atoms with Crippen molar-refractivity contribution < 1.29 is 14.6 Å². The Hall–Kier alpha value is -0.980. The number of ether oxygens (including phenoxy) is 1. The summed E-state index contributed by atoms with van der Waals surface area (Å²) in [6.07, 6.45) is 10.9. The SMILES string of the molecule is CCCC(=O)N1CCC(c2nccs2)CC1.OCC12CCC(CC1)OC2. The van der Waals surface area contributed by atoms with Gasteiger partial charge >= 0.3 is 0 Å². The summed E-state index contributed by atoms with van der Waals surface area (Å²) in [6.45, 7) is 4.99. The molecule has 3 saturated heterocycles. The van der Waals surface area contributed by atoms with Gasteiger partial charge < -0.3 is 14.7 Å². The van der Waals surface area contributed by atoms with Gasteiger partial charge in [-0.3, -0.25) is 4.79 Å². The number of likely N-dealkylation sites (tertiary alicyclic amines) is 1. The van der Waals surface area contributed by atoms with E-state index in [4.69, 9.17) is 9.84 Å². The fourth-order valence-corrected chi connectivity index (χ4v) is 5.01. The minimum Gasteiger partial charge on any atom is -0.396 e. The number of aliphatic hydroxyl groups is 1. The topological polar surface area (TPSA) is 62.7 Å². The van der Waals surface area contributed by atoms with E-state index in [1.807, 2.05) is 16.5 Å². The van der Waals surface area contributed by atoms with Crippen LogP contribution in [0.4, 0.5) is 0 Å². The highest BCUT2D eigenvalue weighted by molar-refractivity contribution is 7.09. The first-order chi connectivity index (χ1) is 12.7. The van der Waals surface area contributed by atoms with Gasteiger partial charge in [-0.2, -0.15) is 0 Å². The molecule has 6 heteroatoms. The van der Waals surface area contributed by atoms with Crippen molar-refractivity contribution in [1.82, 2.24) is 9.88 Å². The molecule has 0 radical (unpaired) electrons. The van der Waals surface area contributed by atoms with Crippen molar-refractivity contribution in [2.45, 2.75) is 70.3 Å². The summed E-state index contributed by atoms with van der Waals surface area (Å²) in [7, 11) is 0. The van der Waals surface area contributed by atoms with Gasteiger partial charge in [-0.05, 0) is 44.9 Å². The highest BCUT2D eigenvalue weighted by Crippen LogP contribution is 2.42. The number of carbonyl (C=O) groups excluding carboxylic acids is 1. The summed E-state index contributed by atoms with van der Waals surface area (Å²) in [6, 6.07) is 0. The molecule has 2 bridgehead atoms. The number of carbonyl (C=O) groups is 1. The third kappa shape index (κ3) is 4.84. The third-order valence-electron chi connectivity index (χ3n) is 6.07. The zero-order valence-electron chi connectivity index (χ0n) is 15.9. The van der Waals surface area contributed by atoms with Gasteiger partial charge in [0.05, 0.1) is 24.3 Å². The average Bonchev–Trinajstić information content (AvgIpc) is 3.25. The van der Waals surface area contributed by atoms with Gasteiger partial charge in [0.25, 0.3) is 0 Å². The maximum absolute atomic E-state index is 11.7. The van der Waals surface area contributed by atoms with Crippen LogP contribution in [-0.2, 0) is 9.53 Å². The molecule has 1 aromatic heterocycles. The molecule has 0 atom stereocenters. The summed E-state index contributed by atoms with van der Waals surface area (Å²) < 4.78 is 5.51. The molecule has 26 heavy (non-hydrogen) atoms. The van der Waals surface area contributed by atoms with E-state index < -0.39 is 0 Å². The van der Waals surface area contributed by atoms with Crippen molar-refractivity contribution >= 4 is 17.2 Å². The maximum atomic E-state index is 11.7. The second-order valence-electron chi connectivity index (χ2n) is 7.94. The van der Waals surface area contributed by atoms with Crippen LogP contribution in [0.1, 0.15) is 69.2 Å². The zero-order chi connectivity index (χ0) is 18.4. The van der Waals surface area contributed by atoms with Crippen molar-refractivity contribution in [3.63, 3.8) is 0 Å². The van der Waals surface area contributed by atoms with Crippen LogP contribution in [0.2, 0.25) is 0 Å². The monoisotopic (exact) mass is 380 g/mol. The van der Waals surface area contributed by atoms with E-state index in [1.54, 1.807) is 11.3 Å². The highest BCUT2D eigenvalue weighted by atomic mass is 32.1. The van der Waals surface area contributed by atoms with Crippen molar-refractivity contribution in [3.05, 3.63) is 16.6 Å². The highest BCUT2D eigenvalue weighted by Gasteiger charge is 2.40. The summed E-state index contributed by atoms with van der Waals surface area (Å²) in [4.78, 5) is 18.1. The lowest BCUT2D eigenvalue weighted by atomic mass is 9.72. The molecular formula is C20H32N2O3S. The predicted molar refractivity (Wildman–Crippen MR) is 103 cm³/mol. The standard InChI is InChI=1S/C12H18N2OS.C8H14O2/c1-2-3-11(15)14-7-4-10(5-8-14)12-13-6-9-16-12;9-5-8-3-1-7(2-4-8)10-6-8/h6,9-10H,2-5,7-8H2,1H3;7,9H,1-6H2. The minimum atomic E-state index is 0.161. The summed E-state index contributed by atoms with van der Waals surface area (Å²) >= 11 is 1.73. The van der Waals surface area contributed by atoms with Gasteiger partial charge in [-0.15, -0.1) is 11.3 Å². The number of aliphatic hydroxyl groups excluding tert-OH is 1. The minimum absolute atomic E-state index is 0.161. The number of fused-ring (bicyclic) bond motifs is 3. The number of thiazole rings is 1. The van der Waals surface area contributed by atoms with E-state index in [1.165, 1.54) is 30.7 Å². The lowest BCUT2D eigenvalue weighted by Gasteiger charge is -2.45. The number of amides is 1. The Morgan fingerprint density at radius 2 is 2.08 bits per heavy atom. The average molecular weight is 381 g/mol. The molecule has 1 saturated carbocycles. The van der Waals surface area contributed by atoms with Crippen LogP contribution in [0.15, 0.2) is 11.6 Å². The molecule has 5 rings (SSSR count). The number of aromatic nitrogens is 1. The largest absolute Gasteiger partial charge is 0.396 e. The van der Waals surface area contributed by atoms with Crippen molar-refractivity contribution in [2.24, 2.45) is 5.41 Å². The van der Waals surface area contributed by atoms with Gasteiger partial charge in [0.2, 0.25) is 5.91 Å². The fourth-order valence-electron chi connectivity index (χ4n) is 4.20. The van der Waals surface area contributed by atoms with E-state index in [-0.39, 0.29) is 5.41 Å². The van der Waals surface area contributed by atoms with Gasteiger partial charge in [0, 0.05) is 42.4 Å². The Labute approximate surface area is 160 Å². The fraction of sp³-hybridized carbons (Fsp3) is 0.800. The molecule has 4 heterocycles. The zero-order valence-corrected chi connectivity index (χ0v) is 16.7. The number of rotatable bonds is 4. The molecule has 4 fully saturated rings. The molecule has 0 unspecified atom stereocenters. The van der Waals surface area contributed by atoms with Gasteiger partial charge in [-0.25, -0.2) is 4.98 Å². The first-order valence-corrected chi connectivity index (χ1v) is 10.9. The van der Waals surface area contributed by atoms with Crippen molar-refractivity contribution in [2.75, 3.05) is 26.3 Å². The molecule has 1 aliphatic carbocycles. The van der Waals surface area contributed by atoms with Crippen LogP contribution in [0.3, 0.4) is 0 Å². The summed E-state index contributed by atoms with van der Waals surface area (Å²) in [5, 5.41) is 12.4. The van der Waals surface area contributed by atoms with Crippen molar-refractivity contribution in [3.8, 4) is 0 Å². The molecule has 1 amide bonds. The lowest BCUT2D eigenvalue weighted by molar-refractivity contribution is -0.132. The normalized spacial score (nSPS) is 28.5. The second-order valence-corrected chi connectivity index (χ2v) is 8.87. The Kier molecular flexibility index (Phi) is 7.06. The van der Waals surface area contributed by atoms with Crippen LogP contribution >= 0.6 is 11.3 Å². The number of piperidine rings is 1. The Balaban J connectivity index is 0.000000167. The quantitative estimate of drug-likeness (QED) is 0.867. The van der Waals surface area contributed by atoms with Crippen LogP contribution in [0, 0.1) is 5.41 Å². The maximum Gasteiger partial charge on any atom is 0.222 e. The predicted octanol–water partition coefficient (Wildman–Crippen LogP) is 3.59. The Morgan fingerprint density at radius 1 is 1.35 bits per heavy atom. The smallest absolute Gasteiger partial charge is 0.222 e. The Bertz CT molecular complexity index is 534. The third-order valence-corrected chi connectivity index (χ3v) is 7.00. The van der Waals surface area contributed by atoms with E-state index in [9.17, 15) is 4.79 Å². The van der Waals surface area contributed by atoms with Crippen LogP contribution in [-0.4, -0.2) is 53.3 Å². The summed E-state index contributed by atoms with van der Waals surface area (Å²) in [5.74, 6) is 0.894. The first kappa shape index (κ1) is 19.8. The van der Waals surface area contributed by atoms with Crippen LogP contribution in [0.5, 0.6) is 0 Å². The molecule has 1 N–H and O–H groups in total. The molecule has 5 nitrogen and oxygen atoms in total. The molecule has 4 aliphatic rings.